The molecule has 0 bridgehead atoms. The molecule has 0 saturated heterocycles. The van der Waals surface area contributed by atoms with Crippen molar-refractivity contribution in [3.63, 3.8) is 0 Å². The van der Waals surface area contributed by atoms with Crippen LogP contribution in [0.5, 0.6) is 5.75 Å². The lowest BCUT2D eigenvalue weighted by molar-refractivity contribution is -0.119. The number of ether oxygens (including phenoxy) is 1. The number of carbonyl (C=O) groups is 1. The van der Waals surface area contributed by atoms with Crippen molar-refractivity contribution < 1.29 is 9.53 Å². The van der Waals surface area contributed by atoms with Gasteiger partial charge in [-0.25, -0.2) is 4.98 Å². The first-order valence-corrected chi connectivity index (χ1v) is 10.1. The van der Waals surface area contributed by atoms with Crippen LogP contribution in [-0.2, 0) is 4.79 Å². The lowest BCUT2D eigenvalue weighted by Gasteiger charge is -2.14. The highest BCUT2D eigenvalue weighted by molar-refractivity contribution is 7.99. The molecule has 0 saturated carbocycles. The van der Waals surface area contributed by atoms with Crippen molar-refractivity contribution >= 4 is 40.9 Å². The number of thioether (sulfide) groups is 1. The van der Waals surface area contributed by atoms with Gasteiger partial charge in [-0.1, -0.05) is 41.0 Å². The number of hydrogen-bond acceptors (Lipinski definition) is 5. The summed E-state index contributed by atoms with van der Waals surface area (Å²) in [7, 11) is 1.62. The van der Waals surface area contributed by atoms with Gasteiger partial charge in [0.05, 0.1) is 28.9 Å². The number of methoxy groups -OCH3 is 1. The highest BCUT2D eigenvalue weighted by Gasteiger charge is 2.13. The number of rotatable bonds is 7. The van der Waals surface area contributed by atoms with Crippen molar-refractivity contribution in [2.24, 2.45) is 0 Å². The third kappa shape index (κ3) is 5.19. The molecule has 9 heteroatoms. The van der Waals surface area contributed by atoms with Crippen LogP contribution in [-0.4, -0.2) is 34.0 Å². The third-order valence-electron chi connectivity index (χ3n) is 3.98. The maximum absolute atomic E-state index is 12.2. The van der Waals surface area contributed by atoms with E-state index in [4.69, 9.17) is 27.9 Å². The number of carbonyl (C=O) groups excluding carboxylic acids is 1. The van der Waals surface area contributed by atoms with Crippen molar-refractivity contribution in [1.82, 2.24) is 20.5 Å². The highest BCUT2D eigenvalue weighted by Crippen LogP contribution is 2.26. The summed E-state index contributed by atoms with van der Waals surface area (Å²) in [6.45, 7) is 1.89. The Hall–Kier alpha value is -2.22. The molecular formula is C19H18Cl2N4O2S. The quantitative estimate of drug-likeness (QED) is 0.522. The number of H-pyrrole nitrogens is 1. The molecule has 1 heterocycles. The summed E-state index contributed by atoms with van der Waals surface area (Å²) in [6, 6.07) is 12.6. The number of hydrogen-bond donors (Lipinski definition) is 2. The van der Waals surface area contributed by atoms with Crippen molar-refractivity contribution in [1.29, 1.82) is 0 Å². The second kappa shape index (κ2) is 9.32. The molecule has 1 unspecified atom stereocenters. The fourth-order valence-electron chi connectivity index (χ4n) is 2.47. The molecule has 3 rings (SSSR count). The van der Waals surface area contributed by atoms with Crippen molar-refractivity contribution in [3.8, 4) is 17.1 Å². The minimum Gasteiger partial charge on any atom is -0.497 e. The van der Waals surface area contributed by atoms with Crippen molar-refractivity contribution in [3.05, 3.63) is 58.1 Å². The van der Waals surface area contributed by atoms with Crippen LogP contribution in [0.15, 0.2) is 47.6 Å². The molecule has 1 aromatic heterocycles. The SMILES string of the molecule is COc1ccc(-c2nc(SCC(=O)NC(C)c3ccc(Cl)c(Cl)c3)n[nH]2)cc1. The van der Waals surface area contributed by atoms with Crippen LogP contribution in [0.4, 0.5) is 0 Å². The van der Waals surface area contributed by atoms with E-state index in [1.54, 1.807) is 19.2 Å². The highest BCUT2D eigenvalue weighted by atomic mass is 35.5. The lowest BCUT2D eigenvalue weighted by Crippen LogP contribution is -2.28. The summed E-state index contributed by atoms with van der Waals surface area (Å²) in [5.41, 5.74) is 1.77. The lowest BCUT2D eigenvalue weighted by atomic mass is 10.1. The molecule has 0 radical (unpaired) electrons. The molecule has 1 atom stereocenters. The van der Waals surface area contributed by atoms with Gasteiger partial charge in [0.15, 0.2) is 5.82 Å². The zero-order chi connectivity index (χ0) is 20.1. The number of nitrogens with zero attached hydrogens (tertiary/aromatic N) is 2. The molecule has 0 spiro atoms. The summed E-state index contributed by atoms with van der Waals surface area (Å²) in [5, 5.41) is 11.4. The van der Waals surface area contributed by atoms with Crippen LogP contribution in [0.2, 0.25) is 10.0 Å². The predicted octanol–water partition coefficient (Wildman–Crippen LogP) is 4.76. The number of benzene rings is 2. The van der Waals surface area contributed by atoms with E-state index < -0.39 is 0 Å². The second-order valence-electron chi connectivity index (χ2n) is 5.95. The van der Waals surface area contributed by atoms with Gasteiger partial charge < -0.3 is 10.1 Å². The molecule has 2 aromatic carbocycles. The van der Waals surface area contributed by atoms with Crippen LogP contribution in [0.1, 0.15) is 18.5 Å². The van der Waals surface area contributed by atoms with E-state index in [2.05, 4.69) is 20.5 Å². The van der Waals surface area contributed by atoms with Gasteiger partial charge in [-0.05, 0) is 48.9 Å². The molecule has 0 aliphatic heterocycles. The number of aromatic amines is 1. The fourth-order valence-corrected chi connectivity index (χ4v) is 3.38. The summed E-state index contributed by atoms with van der Waals surface area (Å²) in [6.07, 6.45) is 0. The van der Waals surface area contributed by atoms with E-state index in [1.807, 2.05) is 37.3 Å². The van der Waals surface area contributed by atoms with E-state index in [1.165, 1.54) is 11.8 Å². The van der Waals surface area contributed by atoms with Crippen LogP contribution < -0.4 is 10.1 Å². The Morgan fingerprint density at radius 1 is 1.21 bits per heavy atom. The van der Waals surface area contributed by atoms with Crippen LogP contribution in [0.3, 0.4) is 0 Å². The molecule has 1 amide bonds. The van der Waals surface area contributed by atoms with Gasteiger partial charge in [-0.2, -0.15) is 0 Å². The monoisotopic (exact) mass is 436 g/mol. The summed E-state index contributed by atoms with van der Waals surface area (Å²) >= 11 is 13.2. The molecule has 6 nitrogen and oxygen atoms in total. The standard InChI is InChI=1S/C19H18Cl2N4O2S/c1-11(13-5-8-15(20)16(21)9-13)22-17(26)10-28-19-23-18(24-25-19)12-3-6-14(27-2)7-4-12/h3-9,11H,10H2,1-2H3,(H,22,26)(H,23,24,25). The predicted molar refractivity (Wildman–Crippen MR) is 112 cm³/mol. The van der Waals surface area contributed by atoms with E-state index in [9.17, 15) is 4.79 Å². The van der Waals surface area contributed by atoms with Crippen molar-refractivity contribution in [2.45, 2.75) is 18.1 Å². The molecule has 0 fully saturated rings. The Morgan fingerprint density at radius 2 is 1.96 bits per heavy atom. The van der Waals surface area contributed by atoms with E-state index in [0.29, 0.717) is 21.0 Å². The Kier molecular flexibility index (Phi) is 6.83. The van der Waals surface area contributed by atoms with Gasteiger partial charge in [0, 0.05) is 5.56 Å². The van der Waals surface area contributed by atoms with Gasteiger partial charge >= 0.3 is 0 Å². The average Bonchev–Trinajstić information content (AvgIpc) is 3.17. The fraction of sp³-hybridized carbons (Fsp3) is 0.211. The second-order valence-corrected chi connectivity index (χ2v) is 7.70. The van der Waals surface area contributed by atoms with Crippen LogP contribution in [0.25, 0.3) is 11.4 Å². The Bertz CT molecular complexity index is 963. The van der Waals surface area contributed by atoms with Gasteiger partial charge in [-0.3, -0.25) is 9.89 Å². The molecule has 28 heavy (non-hydrogen) atoms. The molecule has 0 aliphatic carbocycles. The topological polar surface area (TPSA) is 79.9 Å². The normalized spacial score (nSPS) is 11.9. The van der Waals surface area contributed by atoms with Gasteiger partial charge in [0.2, 0.25) is 11.1 Å². The Labute approximate surface area is 177 Å². The molecule has 3 aromatic rings. The molecule has 0 aliphatic rings. The Balaban J connectivity index is 1.54. The van der Waals surface area contributed by atoms with Gasteiger partial charge in [-0.15, -0.1) is 5.10 Å². The van der Waals surface area contributed by atoms with E-state index >= 15 is 0 Å². The summed E-state index contributed by atoms with van der Waals surface area (Å²) < 4.78 is 5.14. The number of aromatic nitrogens is 3. The average molecular weight is 437 g/mol. The minimum absolute atomic E-state index is 0.126. The molecular weight excluding hydrogens is 419 g/mol. The smallest absolute Gasteiger partial charge is 0.230 e. The number of halogens is 2. The maximum Gasteiger partial charge on any atom is 0.230 e. The number of nitrogens with one attached hydrogen (secondary N) is 2. The maximum atomic E-state index is 12.2. The first kappa shape index (κ1) is 20.5. The summed E-state index contributed by atoms with van der Waals surface area (Å²) in [4.78, 5) is 16.6. The third-order valence-corrected chi connectivity index (χ3v) is 5.57. The molecule has 146 valence electrons. The van der Waals surface area contributed by atoms with E-state index in [-0.39, 0.29) is 17.7 Å². The van der Waals surface area contributed by atoms with E-state index in [0.717, 1.165) is 16.9 Å². The molecule has 2 N–H and O–H groups in total. The first-order chi connectivity index (χ1) is 13.5. The largest absolute Gasteiger partial charge is 0.497 e. The van der Waals surface area contributed by atoms with Gasteiger partial charge in [0.25, 0.3) is 0 Å². The zero-order valence-electron chi connectivity index (χ0n) is 15.2. The summed E-state index contributed by atoms with van der Waals surface area (Å²) in [5.74, 6) is 1.48. The zero-order valence-corrected chi connectivity index (χ0v) is 17.5. The minimum atomic E-state index is -0.190. The van der Waals surface area contributed by atoms with Gasteiger partial charge in [0.1, 0.15) is 5.75 Å². The van der Waals surface area contributed by atoms with Crippen molar-refractivity contribution in [2.75, 3.05) is 12.9 Å². The Morgan fingerprint density at radius 3 is 2.64 bits per heavy atom. The van der Waals surface area contributed by atoms with Crippen LogP contribution >= 0.6 is 35.0 Å². The number of amides is 1. The first-order valence-electron chi connectivity index (χ1n) is 8.40. The van der Waals surface area contributed by atoms with Crippen LogP contribution in [0, 0.1) is 0 Å².